The van der Waals surface area contributed by atoms with Crippen LogP contribution in [0.15, 0.2) is 24.3 Å². The van der Waals surface area contributed by atoms with E-state index < -0.39 is 0 Å². The summed E-state index contributed by atoms with van der Waals surface area (Å²) in [5.74, 6) is 0.922. The van der Waals surface area contributed by atoms with Gasteiger partial charge in [0.2, 0.25) is 5.95 Å². The van der Waals surface area contributed by atoms with E-state index in [0.717, 1.165) is 5.56 Å². The van der Waals surface area contributed by atoms with Gasteiger partial charge in [-0.15, -0.1) is 5.10 Å². The highest BCUT2D eigenvalue weighted by atomic mass is 16.5. The number of para-hydroxylation sites is 1. The van der Waals surface area contributed by atoms with E-state index in [2.05, 4.69) is 34.3 Å². The molecule has 0 saturated carbocycles. The van der Waals surface area contributed by atoms with Crippen molar-refractivity contribution >= 4 is 11.9 Å². The molecular weight excluding hydrogens is 272 g/mol. The zero-order valence-electron chi connectivity index (χ0n) is 12.2. The fraction of sp³-hybridized carbons (Fsp3) is 0.357. The maximum Gasteiger partial charge on any atom is 0.336 e. The molecule has 2 N–H and O–H groups in total. The smallest absolute Gasteiger partial charge is 0.336 e. The zero-order valence-corrected chi connectivity index (χ0v) is 12.2. The predicted molar refractivity (Wildman–Crippen MR) is 77.6 cm³/mol. The number of benzene rings is 1. The van der Waals surface area contributed by atoms with E-state index in [0.29, 0.717) is 11.7 Å². The Morgan fingerprint density at radius 3 is 2.81 bits per heavy atom. The minimum Gasteiger partial charge on any atom is -0.483 e. The van der Waals surface area contributed by atoms with Crippen LogP contribution in [0.4, 0.5) is 5.95 Å². The Bertz CT molecular complexity index is 610. The number of methoxy groups -OCH3 is 1. The van der Waals surface area contributed by atoms with Gasteiger partial charge < -0.3 is 9.47 Å². The van der Waals surface area contributed by atoms with Crippen LogP contribution in [0, 0.1) is 0 Å². The van der Waals surface area contributed by atoms with Gasteiger partial charge in [-0.25, -0.2) is 5.10 Å². The molecule has 0 aliphatic carbocycles. The van der Waals surface area contributed by atoms with Crippen LogP contribution in [0.2, 0.25) is 0 Å². The molecule has 7 nitrogen and oxygen atoms in total. The van der Waals surface area contributed by atoms with Crippen LogP contribution in [-0.4, -0.2) is 34.8 Å². The number of H-pyrrole nitrogens is 1. The molecule has 0 radical (unpaired) electrons. The minimum absolute atomic E-state index is 0.104. The third-order valence-electron chi connectivity index (χ3n) is 2.81. The Hall–Kier alpha value is -2.57. The lowest BCUT2D eigenvalue weighted by atomic mass is 10.0. The summed E-state index contributed by atoms with van der Waals surface area (Å²) in [6.45, 7) is 4.04. The van der Waals surface area contributed by atoms with Gasteiger partial charge in [0.15, 0.2) is 6.61 Å². The first-order valence-corrected chi connectivity index (χ1v) is 6.58. The van der Waals surface area contributed by atoms with Gasteiger partial charge in [-0.3, -0.25) is 10.1 Å². The van der Waals surface area contributed by atoms with E-state index in [9.17, 15) is 4.79 Å². The van der Waals surface area contributed by atoms with Crippen molar-refractivity contribution in [2.75, 3.05) is 19.0 Å². The molecule has 0 unspecified atom stereocenters. The van der Waals surface area contributed by atoms with Crippen molar-refractivity contribution in [3.63, 3.8) is 0 Å². The lowest BCUT2D eigenvalue weighted by molar-refractivity contribution is -0.118. The van der Waals surface area contributed by atoms with Gasteiger partial charge in [0.1, 0.15) is 5.75 Å². The summed E-state index contributed by atoms with van der Waals surface area (Å²) in [5.41, 5.74) is 1.06. The quantitative estimate of drug-likeness (QED) is 0.848. The van der Waals surface area contributed by atoms with Crippen molar-refractivity contribution in [3.05, 3.63) is 29.8 Å². The third kappa shape index (κ3) is 3.95. The summed E-state index contributed by atoms with van der Waals surface area (Å²) in [6.07, 6.45) is 0. The van der Waals surface area contributed by atoms with Crippen molar-refractivity contribution in [2.45, 2.75) is 19.8 Å². The first-order chi connectivity index (χ1) is 10.1. The molecule has 1 heterocycles. The molecule has 21 heavy (non-hydrogen) atoms. The molecule has 112 valence electrons. The van der Waals surface area contributed by atoms with Crippen LogP contribution in [0.5, 0.6) is 11.8 Å². The van der Waals surface area contributed by atoms with Gasteiger partial charge in [-0.05, 0) is 17.5 Å². The summed E-state index contributed by atoms with van der Waals surface area (Å²) in [7, 11) is 1.45. The second-order valence-corrected chi connectivity index (χ2v) is 4.70. The number of nitrogens with zero attached hydrogens (tertiary/aromatic N) is 2. The van der Waals surface area contributed by atoms with E-state index in [1.807, 2.05) is 24.3 Å². The lowest BCUT2D eigenvalue weighted by Crippen LogP contribution is -2.21. The number of anilines is 1. The van der Waals surface area contributed by atoms with Gasteiger partial charge >= 0.3 is 6.01 Å². The number of aromatic amines is 1. The highest BCUT2D eigenvalue weighted by molar-refractivity contribution is 5.90. The minimum atomic E-state index is -0.327. The summed E-state index contributed by atoms with van der Waals surface area (Å²) >= 11 is 0. The molecule has 2 rings (SSSR count). The van der Waals surface area contributed by atoms with Crippen LogP contribution >= 0.6 is 0 Å². The molecule has 0 bridgehead atoms. The summed E-state index contributed by atoms with van der Waals surface area (Å²) in [4.78, 5) is 15.7. The van der Waals surface area contributed by atoms with Gasteiger partial charge in [-0.2, -0.15) is 4.98 Å². The number of aromatic nitrogens is 3. The molecule has 0 spiro atoms. The lowest BCUT2D eigenvalue weighted by Gasteiger charge is -2.13. The summed E-state index contributed by atoms with van der Waals surface area (Å²) < 4.78 is 10.4. The Labute approximate surface area is 122 Å². The molecule has 1 aromatic heterocycles. The van der Waals surface area contributed by atoms with E-state index in [1.54, 1.807) is 0 Å². The third-order valence-corrected chi connectivity index (χ3v) is 2.81. The number of hydrogen-bond acceptors (Lipinski definition) is 5. The second kappa shape index (κ2) is 6.74. The molecule has 7 heteroatoms. The van der Waals surface area contributed by atoms with E-state index in [1.165, 1.54) is 7.11 Å². The maximum absolute atomic E-state index is 11.8. The molecule has 0 fully saturated rings. The van der Waals surface area contributed by atoms with Crippen LogP contribution in [0.25, 0.3) is 0 Å². The Kier molecular flexibility index (Phi) is 4.76. The van der Waals surface area contributed by atoms with E-state index in [4.69, 9.17) is 9.47 Å². The fourth-order valence-corrected chi connectivity index (χ4v) is 1.79. The van der Waals surface area contributed by atoms with Crippen LogP contribution in [0.1, 0.15) is 25.3 Å². The highest BCUT2D eigenvalue weighted by Crippen LogP contribution is 2.25. The number of nitrogens with one attached hydrogen (secondary N) is 2. The molecule has 0 saturated heterocycles. The second-order valence-electron chi connectivity index (χ2n) is 4.70. The van der Waals surface area contributed by atoms with Crippen molar-refractivity contribution in [3.8, 4) is 11.8 Å². The molecule has 0 atom stereocenters. The van der Waals surface area contributed by atoms with Crippen LogP contribution in [-0.2, 0) is 4.79 Å². The van der Waals surface area contributed by atoms with Gasteiger partial charge in [0.05, 0.1) is 7.11 Å². The SMILES string of the molecule is COc1n[nH]c(NC(=O)COc2ccccc2C(C)C)n1. The number of amides is 1. The number of carbonyl (C=O) groups excluding carboxylic acids is 1. The number of rotatable bonds is 6. The average molecular weight is 290 g/mol. The summed E-state index contributed by atoms with van der Waals surface area (Å²) in [5, 5.41) is 8.81. The molecule has 0 aliphatic rings. The maximum atomic E-state index is 11.8. The monoisotopic (exact) mass is 290 g/mol. The highest BCUT2D eigenvalue weighted by Gasteiger charge is 2.11. The van der Waals surface area contributed by atoms with Gasteiger partial charge in [0, 0.05) is 0 Å². The summed E-state index contributed by atoms with van der Waals surface area (Å²) in [6, 6.07) is 7.82. The van der Waals surface area contributed by atoms with Crippen LogP contribution < -0.4 is 14.8 Å². The predicted octanol–water partition coefficient (Wildman–Crippen LogP) is 1.95. The molecule has 1 aromatic carbocycles. The van der Waals surface area contributed by atoms with Crippen LogP contribution in [0.3, 0.4) is 0 Å². The average Bonchev–Trinajstić information content (AvgIpc) is 2.93. The van der Waals surface area contributed by atoms with Crippen molar-refractivity contribution < 1.29 is 14.3 Å². The Morgan fingerprint density at radius 2 is 2.14 bits per heavy atom. The topological polar surface area (TPSA) is 89.1 Å². The van der Waals surface area contributed by atoms with Crippen molar-refractivity contribution in [1.29, 1.82) is 0 Å². The number of carbonyl (C=O) groups is 1. The number of hydrogen-bond donors (Lipinski definition) is 2. The van der Waals surface area contributed by atoms with Crippen molar-refractivity contribution in [2.24, 2.45) is 0 Å². The van der Waals surface area contributed by atoms with Gasteiger partial charge in [-0.1, -0.05) is 32.0 Å². The van der Waals surface area contributed by atoms with Gasteiger partial charge in [0.25, 0.3) is 5.91 Å². The van der Waals surface area contributed by atoms with E-state index in [-0.39, 0.29) is 24.5 Å². The van der Waals surface area contributed by atoms with E-state index >= 15 is 0 Å². The number of ether oxygens (including phenoxy) is 2. The standard InChI is InChI=1S/C14H18N4O3/c1-9(2)10-6-4-5-7-11(10)21-8-12(19)15-13-16-14(20-3)18-17-13/h4-7,9H,8H2,1-3H3,(H2,15,16,17,18,19). The fourth-order valence-electron chi connectivity index (χ4n) is 1.79. The Morgan fingerprint density at radius 1 is 1.38 bits per heavy atom. The Balaban J connectivity index is 1.92. The molecule has 0 aliphatic heterocycles. The largest absolute Gasteiger partial charge is 0.483 e. The van der Waals surface area contributed by atoms with Crippen molar-refractivity contribution in [1.82, 2.24) is 15.2 Å². The first-order valence-electron chi connectivity index (χ1n) is 6.58. The molecule has 2 aromatic rings. The first kappa shape index (κ1) is 14.8. The molecule has 1 amide bonds. The normalized spacial score (nSPS) is 10.5. The zero-order chi connectivity index (χ0) is 15.2. The molecular formula is C14H18N4O3.